The third-order valence-corrected chi connectivity index (χ3v) is 9.73. The predicted molar refractivity (Wildman–Crippen MR) is 175 cm³/mol. The molecule has 0 unspecified atom stereocenters. The number of carbonyl (C=O) groups excluding carboxylic acids is 1. The van der Waals surface area contributed by atoms with E-state index in [4.69, 9.17) is 14.2 Å². The number of aromatic nitrogens is 3. The average molecular weight is 693 g/mol. The second kappa shape index (κ2) is 14.7. The van der Waals surface area contributed by atoms with Crippen LogP contribution in [0.5, 0.6) is 5.75 Å². The first kappa shape index (κ1) is 35.4. The molecule has 2 aromatic heterocycles. The van der Waals surface area contributed by atoms with Gasteiger partial charge in [0.05, 0.1) is 70.0 Å². The molecule has 1 N–H and O–H groups in total. The van der Waals surface area contributed by atoms with Crippen molar-refractivity contribution in [3.05, 3.63) is 69.8 Å². The van der Waals surface area contributed by atoms with Crippen LogP contribution in [0, 0.1) is 0 Å². The van der Waals surface area contributed by atoms with Gasteiger partial charge in [0.15, 0.2) is 0 Å². The van der Waals surface area contributed by atoms with Gasteiger partial charge in [0, 0.05) is 37.4 Å². The number of benzene rings is 1. The Bertz CT molecular complexity index is 1710. The number of hydrogen-bond acceptors (Lipinski definition) is 10. The first-order valence-corrected chi connectivity index (χ1v) is 18.2. The number of fused-ring (bicyclic) bond motifs is 3. The highest BCUT2D eigenvalue weighted by molar-refractivity contribution is 7.70. The van der Waals surface area contributed by atoms with E-state index in [1.807, 2.05) is 24.0 Å². The molecule has 16 heteroatoms. The molecule has 2 aliphatic rings. The van der Waals surface area contributed by atoms with Gasteiger partial charge in [-0.2, -0.15) is 18.3 Å². The van der Waals surface area contributed by atoms with E-state index >= 15 is 0 Å². The standard InChI is InChI=1S/C32H40F3N6O6P/c1-21(38-27-15-37-41(31(43)29(27)48(3,4)44)16-22-5-7-26(45-2)8-6-22)18-46-12-9-28(42)39-10-11-40-25(17-39)20-47-19-23-13-24(32(33,34)35)14-36-30(23)40/h5-8,13-15,21,25,38H,9-12,16-20H2,1-4H3/t21-,25+/m0/s1. The van der Waals surface area contributed by atoms with E-state index < -0.39 is 24.4 Å². The van der Waals surface area contributed by atoms with Crippen molar-refractivity contribution in [2.75, 3.05) is 70.1 Å². The lowest BCUT2D eigenvalue weighted by Gasteiger charge is -2.41. The minimum Gasteiger partial charge on any atom is -0.497 e. The number of ether oxygens (including phenoxy) is 3. The lowest BCUT2D eigenvalue weighted by molar-refractivity contribution is -0.138. The van der Waals surface area contributed by atoms with Crippen molar-refractivity contribution in [1.29, 1.82) is 0 Å². The topological polar surface area (TPSA) is 128 Å². The zero-order chi connectivity index (χ0) is 34.6. The van der Waals surface area contributed by atoms with Crippen molar-refractivity contribution in [3.8, 4) is 5.75 Å². The first-order chi connectivity index (χ1) is 22.7. The van der Waals surface area contributed by atoms with Crippen molar-refractivity contribution in [1.82, 2.24) is 19.7 Å². The summed E-state index contributed by atoms with van der Waals surface area (Å²) in [5.41, 5.74) is 0.335. The molecule has 1 fully saturated rings. The van der Waals surface area contributed by atoms with Crippen LogP contribution in [-0.2, 0) is 38.2 Å². The van der Waals surface area contributed by atoms with Crippen LogP contribution in [0.3, 0.4) is 0 Å². The van der Waals surface area contributed by atoms with Crippen molar-refractivity contribution in [2.24, 2.45) is 0 Å². The summed E-state index contributed by atoms with van der Waals surface area (Å²) in [6.45, 7) is 6.94. The molecule has 2 aliphatic heterocycles. The van der Waals surface area contributed by atoms with E-state index in [1.165, 1.54) is 10.9 Å². The second-order valence-electron chi connectivity index (χ2n) is 12.3. The van der Waals surface area contributed by atoms with Gasteiger partial charge in [0.2, 0.25) is 5.91 Å². The summed E-state index contributed by atoms with van der Waals surface area (Å²) in [6, 6.07) is 7.81. The molecule has 1 amide bonds. The molecule has 12 nitrogen and oxygen atoms in total. The minimum atomic E-state index is -4.49. The number of carbonyl (C=O) groups is 1. The summed E-state index contributed by atoms with van der Waals surface area (Å²) < 4.78 is 70.7. The SMILES string of the molecule is COc1ccc(Cn2ncc(N[C@@H](C)COCCC(=O)N3CCN4c5ncc(C(F)(F)F)cc5COC[C@H]4C3)c(P(C)(C)=O)c2=O)cc1. The molecule has 0 radical (unpaired) electrons. The van der Waals surface area contributed by atoms with Crippen LogP contribution in [0.15, 0.2) is 47.5 Å². The number of methoxy groups -OCH3 is 1. The summed E-state index contributed by atoms with van der Waals surface area (Å²) in [5, 5.41) is 7.69. The highest BCUT2D eigenvalue weighted by Gasteiger charge is 2.36. The largest absolute Gasteiger partial charge is 0.497 e. The molecule has 0 bridgehead atoms. The maximum Gasteiger partial charge on any atom is 0.417 e. The monoisotopic (exact) mass is 692 g/mol. The van der Waals surface area contributed by atoms with Gasteiger partial charge in [-0.05, 0) is 44.0 Å². The third kappa shape index (κ3) is 8.37. The Morgan fingerprint density at radius 1 is 1.19 bits per heavy atom. The van der Waals surface area contributed by atoms with Gasteiger partial charge < -0.3 is 33.9 Å². The van der Waals surface area contributed by atoms with E-state index in [0.717, 1.165) is 17.8 Å². The van der Waals surface area contributed by atoms with Crippen LogP contribution in [0.4, 0.5) is 24.7 Å². The normalized spacial score (nSPS) is 17.3. The van der Waals surface area contributed by atoms with Crippen molar-refractivity contribution < 1.29 is 36.7 Å². The average Bonchev–Trinajstić information content (AvgIpc) is 3.22. The van der Waals surface area contributed by atoms with E-state index in [0.29, 0.717) is 42.5 Å². The summed E-state index contributed by atoms with van der Waals surface area (Å²) in [7, 11) is -1.43. The van der Waals surface area contributed by atoms with Gasteiger partial charge in [0.1, 0.15) is 24.0 Å². The van der Waals surface area contributed by atoms with Gasteiger partial charge in [-0.1, -0.05) is 12.1 Å². The van der Waals surface area contributed by atoms with Gasteiger partial charge in [0.25, 0.3) is 5.56 Å². The van der Waals surface area contributed by atoms with E-state index in [9.17, 15) is 27.3 Å². The number of hydrogen-bond donors (Lipinski definition) is 1. The van der Waals surface area contributed by atoms with Crippen molar-refractivity contribution in [3.63, 3.8) is 0 Å². The maximum atomic E-state index is 13.4. The molecular formula is C32H40F3N6O6P. The fraction of sp³-hybridized carbons (Fsp3) is 0.500. The predicted octanol–water partition coefficient (Wildman–Crippen LogP) is 3.42. The second-order valence-corrected chi connectivity index (χ2v) is 15.5. The van der Waals surface area contributed by atoms with Crippen LogP contribution in [-0.4, -0.2) is 97.5 Å². The number of piperazine rings is 1. The lowest BCUT2D eigenvalue weighted by atomic mass is 10.1. The first-order valence-electron chi connectivity index (χ1n) is 15.6. The highest BCUT2D eigenvalue weighted by Crippen LogP contribution is 2.36. The number of pyridine rings is 1. The molecule has 1 saturated heterocycles. The Labute approximate surface area is 276 Å². The van der Waals surface area contributed by atoms with E-state index in [1.54, 1.807) is 37.5 Å². The molecule has 0 aliphatic carbocycles. The fourth-order valence-corrected chi connectivity index (χ4v) is 7.12. The van der Waals surface area contributed by atoms with Crippen LogP contribution >= 0.6 is 7.14 Å². The minimum absolute atomic E-state index is 0.0156. The summed E-state index contributed by atoms with van der Waals surface area (Å²) in [6.07, 6.45) is -2.02. The Morgan fingerprint density at radius 2 is 1.94 bits per heavy atom. The van der Waals surface area contributed by atoms with Crippen LogP contribution in [0.2, 0.25) is 0 Å². The molecule has 260 valence electrons. The van der Waals surface area contributed by atoms with E-state index in [-0.39, 0.29) is 62.7 Å². The quantitative estimate of drug-likeness (QED) is 0.236. The van der Waals surface area contributed by atoms with Gasteiger partial charge in [-0.25, -0.2) is 9.67 Å². The number of nitrogens with one attached hydrogen (secondary N) is 1. The number of amides is 1. The smallest absolute Gasteiger partial charge is 0.417 e. The molecular weight excluding hydrogens is 652 g/mol. The number of anilines is 2. The fourth-order valence-electron chi connectivity index (χ4n) is 5.84. The van der Waals surface area contributed by atoms with Gasteiger partial charge in [-0.15, -0.1) is 0 Å². The van der Waals surface area contributed by atoms with Crippen LogP contribution < -0.4 is 25.8 Å². The summed E-state index contributed by atoms with van der Waals surface area (Å²) in [4.78, 5) is 34.2. The van der Waals surface area contributed by atoms with Crippen molar-refractivity contribution in [2.45, 2.75) is 44.8 Å². The summed E-state index contributed by atoms with van der Waals surface area (Å²) >= 11 is 0. The Morgan fingerprint density at radius 3 is 2.62 bits per heavy atom. The maximum absolute atomic E-state index is 13.4. The Balaban J connectivity index is 1.12. The van der Waals surface area contributed by atoms with Gasteiger partial charge in [-0.3, -0.25) is 9.59 Å². The molecule has 1 aromatic carbocycles. The van der Waals surface area contributed by atoms with Gasteiger partial charge >= 0.3 is 6.18 Å². The number of halogens is 3. The molecule has 2 atom stereocenters. The van der Waals surface area contributed by atoms with E-state index in [2.05, 4.69) is 15.4 Å². The molecule has 0 spiro atoms. The third-order valence-electron chi connectivity index (χ3n) is 8.22. The summed E-state index contributed by atoms with van der Waals surface area (Å²) in [5.74, 6) is 1.04. The zero-order valence-electron chi connectivity index (χ0n) is 27.3. The van der Waals surface area contributed by atoms with Crippen molar-refractivity contribution >= 4 is 29.9 Å². The Kier molecular flexibility index (Phi) is 10.8. The van der Waals surface area contributed by atoms with Crippen LogP contribution in [0.1, 0.15) is 30.0 Å². The highest BCUT2D eigenvalue weighted by atomic mass is 31.2. The molecule has 3 aromatic rings. The molecule has 0 saturated carbocycles. The number of alkyl halides is 3. The zero-order valence-corrected chi connectivity index (χ0v) is 28.2. The molecule has 48 heavy (non-hydrogen) atoms. The number of nitrogens with zero attached hydrogens (tertiary/aromatic N) is 5. The van der Waals surface area contributed by atoms with Crippen LogP contribution in [0.25, 0.3) is 0 Å². The molecule has 4 heterocycles. The number of rotatable bonds is 11. The molecule has 5 rings (SSSR count). The lowest BCUT2D eigenvalue weighted by Crippen LogP contribution is -2.56. The Hall–Kier alpha value is -3.94.